The van der Waals surface area contributed by atoms with Crippen molar-refractivity contribution in [1.82, 2.24) is 14.3 Å². The highest BCUT2D eigenvalue weighted by Gasteiger charge is 2.19. The summed E-state index contributed by atoms with van der Waals surface area (Å²) in [7, 11) is 3.32. The van der Waals surface area contributed by atoms with Crippen LogP contribution in [0.2, 0.25) is 0 Å². The summed E-state index contributed by atoms with van der Waals surface area (Å²) < 4.78 is 7.32. The Bertz CT molecular complexity index is 1170. The van der Waals surface area contributed by atoms with Gasteiger partial charge in [-0.3, -0.25) is 23.7 Å². The molecule has 2 aromatic heterocycles. The minimum atomic E-state index is -0.313. The van der Waals surface area contributed by atoms with E-state index in [1.165, 1.54) is 4.90 Å². The number of carbonyl (C=O) groups excluding carboxylic acids is 3. The van der Waals surface area contributed by atoms with Gasteiger partial charge in [0.05, 0.1) is 11.3 Å². The third-order valence-electron chi connectivity index (χ3n) is 5.36. The molecule has 0 radical (unpaired) electrons. The van der Waals surface area contributed by atoms with E-state index >= 15 is 0 Å². The molecule has 3 amide bonds. The van der Waals surface area contributed by atoms with Crippen molar-refractivity contribution in [3.05, 3.63) is 53.9 Å². The Labute approximate surface area is 199 Å². The number of anilines is 2. The highest BCUT2D eigenvalue weighted by atomic mass is 16.5. The minimum Gasteiger partial charge on any atom is -0.484 e. The zero-order valence-corrected chi connectivity index (χ0v) is 20.1. The van der Waals surface area contributed by atoms with E-state index < -0.39 is 0 Å². The van der Waals surface area contributed by atoms with Crippen LogP contribution in [0.3, 0.4) is 0 Å². The lowest BCUT2D eigenvalue weighted by Gasteiger charge is -2.18. The van der Waals surface area contributed by atoms with Crippen LogP contribution >= 0.6 is 0 Å². The van der Waals surface area contributed by atoms with Crippen LogP contribution in [-0.2, 0) is 16.0 Å². The third-order valence-corrected chi connectivity index (χ3v) is 5.36. The second-order valence-corrected chi connectivity index (χ2v) is 8.09. The summed E-state index contributed by atoms with van der Waals surface area (Å²) in [5, 5.41) is 2.86. The molecule has 9 nitrogen and oxygen atoms in total. The predicted octanol–water partition coefficient (Wildman–Crippen LogP) is 3.38. The van der Waals surface area contributed by atoms with E-state index in [1.54, 1.807) is 66.0 Å². The Kier molecular flexibility index (Phi) is 8.24. The van der Waals surface area contributed by atoms with Crippen LogP contribution in [0.4, 0.5) is 11.5 Å². The second-order valence-electron chi connectivity index (χ2n) is 8.09. The zero-order chi connectivity index (χ0) is 24.7. The van der Waals surface area contributed by atoms with Gasteiger partial charge in [-0.2, -0.15) is 0 Å². The number of aromatic nitrogens is 2. The Balaban J connectivity index is 1.83. The Hall–Kier alpha value is -3.88. The van der Waals surface area contributed by atoms with Crippen molar-refractivity contribution in [3.63, 3.8) is 0 Å². The third kappa shape index (κ3) is 5.72. The van der Waals surface area contributed by atoms with Crippen LogP contribution in [0, 0.1) is 0 Å². The largest absolute Gasteiger partial charge is 0.484 e. The van der Waals surface area contributed by atoms with Crippen molar-refractivity contribution in [2.24, 2.45) is 0 Å². The predicted molar refractivity (Wildman–Crippen MR) is 131 cm³/mol. The zero-order valence-electron chi connectivity index (χ0n) is 20.1. The lowest BCUT2D eigenvalue weighted by molar-refractivity contribution is -0.130. The first-order valence-electron chi connectivity index (χ1n) is 11.3. The topological polar surface area (TPSA) is 96.2 Å². The van der Waals surface area contributed by atoms with Crippen molar-refractivity contribution < 1.29 is 19.1 Å². The molecule has 0 atom stereocenters. The molecule has 2 heterocycles. The van der Waals surface area contributed by atoms with Gasteiger partial charge in [0, 0.05) is 38.6 Å². The molecule has 34 heavy (non-hydrogen) atoms. The number of unbranched alkanes of at least 4 members (excludes halogenated alkanes) is 1. The smallest absolute Gasteiger partial charge is 0.259 e. The molecule has 0 aliphatic rings. The van der Waals surface area contributed by atoms with E-state index in [-0.39, 0.29) is 18.4 Å². The fraction of sp³-hybridized carbons (Fsp3) is 0.360. The number of carbonyl (C=O) groups is 3. The second kappa shape index (κ2) is 11.3. The number of pyridine rings is 1. The summed E-state index contributed by atoms with van der Waals surface area (Å²) in [6.07, 6.45) is 5.01. The summed E-state index contributed by atoms with van der Waals surface area (Å²) in [5.41, 5.74) is 2.44. The number of nitrogens with one attached hydrogen (secondary N) is 1. The lowest BCUT2D eigenvalue weighted by atomic mass is 10.2. The van der Waals surface area contributed by atoms with Gasteiger partial charge >= 0.3 is 0 Å². The highest BCUT2D eigenvalue weighted by Crippen LogP contribution is 2.24. The molecule has 0 saturated carbocycles. The van der Waals surface area contributed by atoms with Crippen LogP contribution in [0.1, 0.15) is 42.7 Å². The van der Waals surface area contributed by atoms with Crippen LogP contribution < -0.4 is 15.0 Å². The molecule has 180 valence electrons. The number of hydrogen-bond donors (Lipinski definition) is 1. The number of aryl methyl sites for hydroxylation is 1. The number of amides is 3. The van der Waals surface area contributed by atoms with Gasteiger partial charge in [0.25, 0.3) is 11.8 Å². The summed E-state index contributed by atoms with van der Waals surface area (Å²) in [4.78, 5) is 44.3. The highest BCUT2D eigenvalue weighted by molar-refractivity contribution is 6.04. The first kappa shape index (κ1) is 24.8. The van der Waals surface area contributed by atoms with Gasteiger partial charge in [0.15, 0.2) is 6.61 Å². The van der Waals surface area contributed by atoms with Crippen LogP contribution in [0.25, 0.3) is 5.65 Å². The monoisotopic (exact) mass is 465 g/mol. The van der Waals surface area contributed by atoms with E-state index in [0.717, 1.165) is 24.9 Å². The van der Waals surface area contributed by atoms with Gasteiger partial charge in [-0.25, -0.2) is 4.98 Å². The average Bonchev–Trinajstić information content (AvgIpc) is 3.21. The molecule has 3 rings (SSSR count). The Morgan fingerprint density at radius 3 is 2.65 bits per heavy atom. The molecule has 3 aromatic rings. The maximum atomic E-state index is 13.0. The van der Waals surface area contributed by atoms with E-state index in [4.69, 9.17) is 4.74 Å². The number of rotatable bonds is 11. The SMILES string of the molecule is CCCCN(C=O)c1c(CC)nc2ccc(C(=O)Nc3cccc(OCC(=O)N(C)C)c3)cn12. The summed E-state index contributed by atoms with van der Waals surface area (Å²) in [6, 6.07) is 10.3. The molecule has 0 aliphatic carbocycles. The molecule has 1 aromatic carbocycles. The fourth-order valence-corrected chi connectivity index (χ4v) is 3.43. The van der Waals surface area contributed by atoms with E-state index in [2.05, 4.69) is 17.2 Å². The number of benzene rings is 1. The molecule has 1 N–H and O–H groups in total. The van der Waals surface area contributed by atoms with Gasteiger partial charge in [-0.05, 0) is 37.1 Å². The number of hydrogen-bond acceptors (Lipinski definition) is 5. The van der Waals surface area contributed by atoms with Gasteiger partial charge in [-0.15, -0.1) is 0 Å². The summed E-state index contributed by atoms with van der Waals surface area (Å²) in [5.74, 6) is 0.697. The van der Waals surface area contributed by atoms with E-state index in [9.17, 15) is 14.4 Å². The van der Waals surface area contributed by atoms with Crippen LogP contribution in [0.5, 0.6) is 5.75 Å². The van der Waals surface area contributed by atoms with Gasteiger partial charge in [-0.1, -0.05) is 26.3 Å². The van der Waals surface area contributed by atoms with Crippen LogP contribution in [0.15, 0.2) is 42.6 Å². The van der Waals surface area contributed by atoms with E-state index in [1.807, 2.05) is 6.92 Å². The minimum absolute atomic E-state index is 0.0878. The average molecular weight is 466 g/mol. The van der Waals surface area contributed by atoms with Crippen molar-refractivity contribution in [1.29, 1.82) is 0 Å². The summed E-state index contributed by atoms with van der Waals surface area (Å²) in [6.45, 7) is 4.56. The maximum absolute atomic E-state index is 13.0. The Morgan fingerprint density at radius 2 is 1.97 bits per heavy atom. The van der Waals surface area contributed by atoms with E-state index in [0.29, 0.717) is 41.4 Å². The van der Waals surface area contributed by atoms with Crippen molar-refractivity contribution in [2.45, 2.75) is 33.1 Å². The van der Waals surface area contributed by atoms with Crippen molar-refractivity contribution in [2.75, 3.05) is 37.5 Å². The normalized spacial score (nSPS) is 10.7. The van der Waals surface area contributed by atoms with Gasteiger partial charge in [0.2, 0.25) is 6.41 Å². The number of likely N-dealkylation sites (N-methyl/N-ethyl adjacent to an activating group) is 1. The summed E-state index contributed by atoms with van der Waals surface area (Å²) >= 11 is 0. The standard InChI is InChI=1S/C25H31N5O4/c1-5-7-13-29(17-31)25-21(6-2)27-22-12-11-18(15-30(22)25)24(33)26-19-9-8-10-20(14-19)34-16-23(32)28(3)4/h8-12,14-15,17H,5-7,13,16H2,1-4H3,(H,26,33). The number of nitrogens with zero attached hydrogens (tertiary/aromatic N) is 4. The molecular formula is C25H31N5O4. The molecule has 9 heteroatoms. The fourth-order valence-electron chi connectivity index (χ4n) is 3.43. The number of ether oxygens (including phenoxy) is 1. The molecule has 0 bridgehead atoms. The molecule has 0 unspecified atom stereocenters. The van der Waals surface area contributed by atoms with Crippen LogP contribution in [-0.4, -0.2) is 59.8 Å². The first-order valence-corrected chi connectivity index (χ1v) is 11.3. The molecular weight excluding hydrogens is 434 g/mol. The van der Waals surface area contributed by atoms with Gasteiger partial charge < -0.3 is 15.0 Å². The lowest BCUT2D eigenvalue weighted by Crippen LogP contribution is -2.27. The first-order chi connectivity index (χ1) is 16.4. The number of imidazole rings is 1. The molecule has 0 aliphatic heterocycles. The quantitative estimate of drug-likeness (QED) is 0.438. The molecule has 0 fully saturated rings. The number of fused-ring (bicyclic) bond motifs is 1. The maximum Gasteiger partial charge on any atom is 0.259 e. The van der Waals surface area contributed by atoms with Gasteiger partial charge in [0.1, 0.15) is 17.2 Å². The molecule has 0 spiro atoms. The van der Waals surface area contributed by atoms with Crippen molar-refractivity contribution >= 4 is 35.4 Å². The van der Waals surface area contributed by atoms with Crippen molar-refractivity contribution in [3.8, 4) is 5.75 Å². The Morgan fingerprint density at radius 1 is 1.18 bits per heavy atom. The molecule has 0 saturated heterocycles.